The number of para-hydroxylation sites is 2. The van der Waals surface area contributed by atoms with Crippen LogP contribution in [0.4, 0.5) is 0 Å². The second-order valence-corrected chi connectivity index (χ2v) is 17.0. The first-order chi connectivity index (χ1) is 31.2. The maximum Gasteiger partial charge on any atom is 0.164 e. The Kier molecular flexibility index (Phi) is 8.01. The largest absolute Gasteiger partial charge is 0.456 e. The molecule has 294 valence electrons. The first-order valence-electron chi connectivity index (χ1n) is 21.1. The molecule has 0 radical (unpaired) electrons. The zero-order chi connectivity index (χ0) is 41.4. The number of benzene rings is 9. The topological polar surface area (TPSA) is 56.7 Å². The van der Waals surface area contributed by atoms with Gasteiger partial charge in [-0.3, -0.25) is 0 Å². The average Bonchev–Trinajstić information content (AvgIpc) is 4.04. The van der Waals surface area contributed by atoms with Crippen molar-refractivity contribution >= 4 is 75.3 Å². The molecule has 0 unspecified atom stereocenters. The number of fused-ring (bicyclic) bond motifs is 9. The minimum Gasteiger partial charge on any atom is -0.456 e. The molecule has 4 heterocycles. The quantitative estimate of drug-likeness (QED) is 0.168. The van der Waals surface area contributed by atoms with E-state index in [1.807, 2.05) is 59.9 Å². The third-order valence-electron chi connectivity index (χ3n) is 12.3. The summed E-state index contributed by atoms with van der Waals surface area (Å²) in [7, 11) is 0. The van der Waals surface area contributed by atoms with E-state index in [9.17, 15) is 0 Å². The first kappa shape index (κ1) is 35.6. The molecule has 0 bridgehead atoms. The van der Waals surface area contributed by atoms with E-state index >= 15 is 0 Å². The summed E-state index contributed by atoms with van der Waals surface area (Å²) >= 11 is 1.86. The molecule has 6 heteroatoms. The molecule has 0 aliphatic rings. The summed E-state index contributed by atoms with van der Waals surface area (Å²) in [6, 6.07) is 72.5. The lowest BCUT2D eigenvalue weighted by Gasteiger charge is -2.10. The van der Waals surface area contributed by atoms with Gasteiger partial charge in [0, 0.05) is 53.7 Å². The first-order valence-corrected chi connectivity index (χ1v) is 21.9. The molecule has 0 N–H and O–H groups in total. The second-order valence-electron chi connectivity index (χ2n) is 15.9. The van der Waals surface area contributed by atoms with E-state index in [4.69, 9.17) is 19.4 Å². The molecule has 0 saturated carbocycles. The number of thiophene rings is 1. The molecule has 0 saturated heterocycles. The third kappa shape index (κ3) is 5.73. The van der Waals surface area contributed by atoms with Crippen LogP contribution in [0.3, 0.4) is 0 Å². The highest BCUT2D eigenvalue weighted by atomic mass is 32.1. The summed E-state index contributed by atoms with van der Waals surface area (Å²) in [5, 5.41) is 6.99. The summed E-state index contributed by atoms with van der Waals surface area (Å²) < 4.78 is 11.5. The van der Waals surface area contributed by atoms with Gasteiger partial charge in [-0.05, 0) is 70.8 Å². The van der Waals surface area contributed by atoms with Gasteiger partial charge in [0.05, 0.1) is 21.4 Å². The average molecular weight is 823 g/mol. The van der Waals surface area contributed by atoms with Crippen molar-refractivity contribution in [1.29, 1.82) is 0 Å². The van der Waals surface area contributed by atoms with Crippen molar-refractivity contribution in [3.8, 4) is 62.1 Å². The predicted octanol–water partition coefficient (Wildman–Crippen LogP) is 15.6. The zero-order valence-electron chi connectivity index (χ0n) is 33.7. The van der Waals surface area contributed by atoms with Gasteiger partial charge >= 0.3 is 0 Å². The van der Waals surface area contributed by atoms with E-state index in [0.29, 0.717) is 17.5 Å². The molecule has 5 nitrogen and oxygen atoms in total. The van der Waals surface area contributed by atoms with Crippen LogP contribution in [0.25, 0.3) is 126 Å². The Morgan fingerprint density at radius 3 is 1.76 bits per heavy atom. The van der Waals surface area contributed by atoms with Gasteiger partial charge in [-0.25, -0.2) is 15.0 Å². The molecule has 0 spiro atoms. The number of hydrogen-bond acceptors (Lipinski definition) is 5. The fraction of sp³-hybridized carbons (Fsp3) is 0. The molecule has 4 aromatic heterocycles. The molecule has 0 aliphatic heterocycles. The lowest BCUT2D eigenvalue weighted by Crippen LogP contribution is -2.00. The highest BCUT2D eigenvalue weighted by Crippen LogP contribution is 2.46. The lowest BCUT2D eigenvalue weighted by atomic mass is 9.97. The lowest BCUT2D eigenvalue weighted by molar-refractivity contribution is 0.669. The van der Waals surface area contributed by atoms with Gasteiger partial charge in [-0.2, -0.15) is 0 Å². The number of aromatic nitrogens is 4. The SMILES string of the molecule is c1ccc(-c2cccc(-c3nc(-c4ccccc4)nc(-c4cccc5oc6ccc(-c7cccc8sc9c(-n%10c%11ccccc%11c%11ccccc%11%10)cccc9c78)cc6c45)n3)c2)cc1. The molecule has 0 aliphatic carbocycles. The fourth-order valence-electron chi connectivity index (χ4n) is 9.42. The summed E-state index contributed by atoms with van der Waals surface area (Å²) in [4.78, 5) is 15.5. The van der Waals surface area contributed by atoms with E-state index in [2.05, 4.69) is 162 Å². The Labute approximate surface area is 365 Å². The Balaban J connectivity index is 0.993. The summed E-state index contributed by atoms with van der Waals surface area (Å²) in [5.74, 6) is 1.81. The van der Waals surface area contributed by atoms with Crippen molar-refractivity contribution in [3.05, 3.63) is 206 Å². The molecule has 13 rings (SSSR count). The molecule has 0 fully saturated rings. The maximum atomic E-state index is 6.60. The fourth-order valence-corrected chi connectivity index (χ4v) is 10.7. The zero-order valence-corrected chi connectivity index (χ0v) is 34.6. The van der Waals surface area contributed by atoms with Gasteiger partial charge in [0.25, 0.3) is 0 Å². The van der Waals surface area contributed by atoms with E-state index < -0.39 is 0 Å². The van der Waals surface area contributed by atoms with Crippen LogP contribution in [-0.2, 0) is 0 Å². The van der Waals surface area contributed by atoms with Crippen molar-refractivity contribution in [2.75, 3.05) is 0 Å². The van der Waals surface area contributed by atoms with Gasteiger partial charge in [0.2, 0.25) is 0 Å². The molecule has 0 atom stereocenters. The van der Waals surface area contributed by atoms with Crippen LogP contribution >= 0.6 is 11.3 Å². The highest BCUT2D eigenvalue weighted by Gasteiger charge is 2.21. The Bertz CT molecular complexity index is 3870. The summed E-state index contributed by atoms with van der Waals surface area (Å²) in [6.07, 6.45) is 0. The smallest absolute Gasteiger partial charge is 0.164 e. The maximum absolute atomic E-state index is 6.60. The van der Waals surface area contributed by atoms with Gasteiger partial charge in [-0.15, -0.1) is 11.3 Å². The number of nitrogens with zero attached hydrogens (tertiary/aromatic N) is 4. The number of furan rings is 1. The van der Waals surface area contributed by atoms with Crippen molar-refractivity contribution in [1.82, 2.24) is 19.5 Å². The van der Waals surface area contributed by atoms with Crippen LogP contribution in [0.5, 0.6) is 0 Å². The monoisotopic (exact) mass is 822 g/mol. The van der Waals surface area contributed by atoms with E-state index in [-0.39, 0.29) is 0 Å². The van der Waals surface area contributed by atoms with Crippen molar-refractivity contribution in [2.45, 2.75) is 0 Å². The van der Waals surface area contributed by atoms with Gasteiger partial charge in [0.1, 0.15) is 11.2 Å². The van der Waals surface area contributed by atoms with Gasteiger partial charge in [-0.1, -0.05) is 158 Å². The third-order valence-corrected chi connectivity index (χ3v) is 13.5. The molecule has 63 heavy (non-hydrogen) atoms. The molecule has 13 aromatic rings. The van der Waals surface area contributed by atoms with Crippen LogP contribution in [-0.4, -0.2) is 19.5 Å². The molecule has 0 amide bonds. The Morgan fingerprint density at radius 2 is 0.968 bits per heavy atom. The standard InChI is InChI=1S/C57H34N4OS/c1-3-15-35(16-4-1)37-19-11-20-39(33-37)56-58-55(36-17-5-2-6-18-36)59-57(60-56)44-25-13-29-50-52(44)45-34-38(31-32-49(45)62-50)40-23-14-30-51-53(40)43-24-12-28-48(54(43)63-51)61-46-26-9-7-21-41(46)42-22-8-10-27-47(42)61/h1-34H. The van der Waals surface area contributed by atoms with Crippen molar-refractivity contribution < 1.29 is 4.42 Å². The van der Waals surface area contributed by atoms with Crippen LogP contribution in [0.2, 0.25) is 0 Å². The van der Waals surface area contributed by atoms with Crippen LogP contribution in [0, 0.1) is 0 Å². The van der Waals surface area contributed by atoms with E-state index in [0.717, 1.165) is 55.3 Å². The van der Waals surface area contributed by atoms with Crippen molar-refractivity contribution in [3.63, 3.8) is 0 Å². The predicted molar refractivity (Wildman–Crippen MR) is 262 cm³/mol. The number of rotatable bonds is 6. The van der Waals surface area contributed by atoms with E-state index in [1.54, 1.807) is 0 Å². The van der Waals surface area contributed by atoms with Crippen molar-refractivity contribution in [2.24, 2.45) is 0 Å². The summed E-state index contributed by atoms with van der Waals surface area (Å²) in [6.45, 7) is 0. The highest BCUT2D eigenvalue weighted by molar-refractivity contribution is 7.26. The van der Waals surface area contributed by atoms with Crippen LogP contribution in [0.15, 0.2) is 211 Å². The Hall–Kier alpha value is -8.19. The molecular formula is C57H34N4OS. The molecular weight excluding hydrogens is 789 g/mol. The van der Waals surface area contributed by atoms with Gasteiger partial charge < -0.3 is 8.98 Å². The minimum absolute atomic E-state index is 0.589. The normalized spacial score (nSPS) is 11.8. The Morgan fingerprint density at radius 1 is 0.365 bits per heavy atom. The van der Waals surface area contributed by atoms with Gasteiger partial charge in [0.15, 0.2) is 17.5 Å². The van der Waals surface area contributed by atoms with Crippen LogP contribution < -0.4 is 0 Å². The molecule has 9 aromatic carbocycles. The van der Waals surface area contributed by atoms with Crippen LogP contribution in [0.1, 0.15) is 0 Å². The minimum atomic E-state index is 0.589. The van der Waals surface area contributed by atoms with E-state index in [1.165, 1.54) is 53.2 Å². The number of hydrogen-bond donors (Lipinski definition) is 0. The second kappa shape index (κ2) is 14.2. The summed E-state index contributed by atoms with van der Waals surface area (Å²) in [5.41, 5.74) is 12.5.